The van der Waals surface area contributed by atoms with Crippen molar-refractivity contribution in [2.75, 3.05) is 25.2 Å². The van der Waals surface area contributed by atoms with E-state index >= 15 is 0 Å². The molecule has 0 bridgehead atoms. The van der Waals surface area contributed by atoms with E-state index in [1.54, 1.807) is 30.0 Å². The van der Waals surface area contributed by atoms with E-state index in [4.69, 9.17) is 16.7 Å². The second-order valence-electron chi connectivity index (χ2n) is 4.43. The minimum atomic E-state index is -0.216. The van der Waals surface area contributed by atoms with Crippen LogP contribution in [0.25, 0.3) is 0 Å². The Morgan fingerprint density at radius 2 is 2.30 bits per heavy atom. The summed E-state index contributed by atoms with van der Waals surface area (Å²) >= 11 is 7.82. The van der Waals surface area contributed by atoms with Crippen molar-refractivity contribution in [2.24, 2.45) is 5.92 Å². The molecule has 0 saturated carbocycles. The Bertz CT molecular complexity index is 522. The largest absolute Gasteiger partial charge is 0.384 e. The van der Waals surface area contributed by atoms with Crippen LogP contribution >= 0.6 is 23.4 Å². The Hall–Kier alpha value is -1.15. The Morgan fingerprint density at radius 3 is 2.90 bits per heavy atom. The van der Waals surface area contributed by atoms with E-state index in [9.17, 15) is 4.79 Å². The number of rotatable bonds is 5. The summed E-state index contributed by atoms with van der Waals surface area (Å²) in [7, 11) is 0. The van der Waals surface area contributed by atoms with Gasteiger partial charge in [-0.2, -0.15) is 11.8 Å². The zero-order chi connectivity index (χ0) is 15.0. The summed E-state index contributed by atoms with van der Waals surface area (Å²) in [5, 5.41) is 11.9. The van der Waals surface area contributed by atoms with E-state index in [-0.39, 0.29) is 12.5 Å². The maximum Gasteiger partial charge on any atom is 0.251 e. The lowest BCUT2D eigenvalue weighted by Gasteiger charge is -2.11. The normalized spacial score (nSPS) is 11.4. The molecule has 0 aliphatic rings. The van der Waals surface area contributed by atoms with Crippen LogP contribution < -0.4 is 5.32 Å². The van der Waals surface area contributed by atoms with Gasteiger partial charge in [0.05, 0.1) is 5.02 Å². The first-order valence-electron chi connectivity index (χ1n) is 6.25. The lowest BCUT2D eigenvalue weighted by atomic mass is 10.1. The third kappa shape index (κ3) is 5.46. The molecule has 108 valence electrons. The fourth-order valence-electron chi connectivity index (χ4n) is 1.60. The highest BCUT2D eigenvalue weighted by molar-refractivity contribution is 7.98. The molecule has 0 heterocycles. The van der Waals surface area contributed by atoms with Crippen LogP contribution in [0.2, 0.25) is 5.02 Å². The molecular weight excluding hydrogens is 294 g/mol. The predicted octanol–water partition coefficient (Wildman–Crippen LogP) is 2.41. The minimum absolute atomic E-state index is 0.137. The highest BCUT2D eigenvalue weighted by atomic mass is 35.5. The zero-order valence-corrected chi connectivity index (χ0v) is 13.1. The van der Waals surface area contributed by atoms with Crippen LogP contribution in [0.5, 0.6) is 0 Å². The predicted molar refractivity (Wildman–Crippen MR) is 85.3 cm³/mol. The Morgan fingerprint density at radius 1 is 1.55 bits per heavy atom. The molecule has 0 aromatic heterocycles. The van der Waals surface area contributed by atoms with E-state index in [0.717, 1.165) is 5.75 Å². The minimum Gasteiger partial charge on any atom is -0.384 e. The lowest BCUT2D eigenvalue weighted by Crippen LogP contribution is -2.29. The number of carbonyl (C=O) groups excluding carboxylic acids is 1. The van der Waals surface area contributed by atoms with Gasteiger partial charge in [0, 0.05) is 17.7 Å². The SMILES string of the molecule is CSCC(C)CNC(=O)c1ccc(C#CCO)c(Cl)c1. The molecule has 0 spiro atoms. The summed E-state index contributed by atoms with van der Waals surface area (Å²) in [6.45, 7) is 2.52. The van der Waals surface area contributed by atoms with Gasteiger partial charge in [0.15, 0.2) is 0 Å². The van der Waals surface area contributed by atoms with Crippen molar-refractivity contribution in [3.63, 3.8) is 0 Å². The van der Waals surface area contributed by atoms with Crippen LogP contribution in [0.4, 0.5) is 0 Å². The van der Waals surface area contributed by atoms with Gasteiger partial charge in [-0.1, -0.05) is 30.4 Å². The molecule has 0 fully saturated rings. The highest BCUT2D eigenvalue weighted by Gasteiger charge is 2.09. The van der Waals surface area contributed by atoms with Crippen molar-refractivity contribution in [2.45, 2.75) is 6.92 Å². The van der Waals surface area contributed by atoms with Crippen LogP contribution in [0.1, 0.15) is 22.8 Å². The molecule has 0 saturated heterocycles. The maximum absolute atomic E-state index is 12.0. The lowest BCUT2D eigenvalue weighted by molar-refractivity contribution is 0.0949. The summed E-state index contributed by atoms with van der Waals surface area (Å²) in [6.07, 6.45) is 2.05. The average molecular weight is 312 g/mol. The molecule has 0 radical (unpaired) electrons. The van der Waals surface area contributed by atoms with Crippen molar-refractivity contribution in [3.8, 4) is 11.8 Å². The monoisotopic (exact) mass is 311 g/mol. The van der Waals surface area contributed by atoms with Crippen molar-refractivity contribution >= 4 is 29.3 Å². The summed E-state index contributed by atoms with van der Waals surface area (Å²) in [5.74, 6) is 6.56. The van der Waals surface area contributed by atoms with Crippen LogP contribution in [0, 0.1) is 17.8 Å². The van der Waals surface area contributed by atoms with Crippen LogP contribution in [0.3, 0.4) is 0 Å². The fraction of sp³-hybridized carbons (Fsp3) is 0.400. The first-order valence-corrected chi connectivity index (χ1v) is 8.02. The summed E-state index contributed by atoms with van der Waals surface area (Å²) in [4.78, 5) is 12.0. The van der Waals surface area contributed by atoms with Gasteiger partial charge >= 0.3 is 0 Å². The van der Waals surface area contributed by atoms with Crippen LogP contribution in [-0.2, 0) is 0 Å². The van der Waals surface area contributed by atoms with E-state index in [1.807, 2.05) is 6.26 Å². The molecule has 20 heavy (non-hydrogen) atoms. The zero-order valence-electron chi connectivity index (χ0n) is 11.6. The van der Waals surface area contributed by atoms with E-state index in [1.165, 1.54) is 0 Å². The number of amides is 1. The summed E-state index contributed by atoms with van der Waals surface area (Å²) in [6, 6.07) is 4.96. The van der Waals surface area contributed by atoms with E-state index in [2.05, 4.69) is 24.1 Å². The number of hydrogen-bond acceptors (Lipinski definition) is 3. The van der Waals surface area contributed by atoms with Gasteiger partial charge in [0.2, 0.25) is 0 Å². The first kappa shape index (κ1) is 16.9. The fourth-order valence-corrected chi connectivity index (χ4v) is 2.52. The molecule has 1 unspecified atom stereocenters. The molecular formula is C15H18ClNO2S. The molecule has 1 aromatic rings. The first-order chi connectivity index (χ1) is 9.58. The van der Waals surface area contributed by atoms with Crippen LogP contribution in [0.15, 0.2) is 18.2 Å². The number of halogens is 1. The van der Waals surface area contributed by atoms with Gasteiger partial charge in [-0.15, -0.1) is 0 Å². The molecule has 3 nitrogen and oxygen atoms in total. The third-order valence-corrected chi connectivity index (χ3v) is 3.81. The van der Waals surface area contributed by atoms with Gasteiger partial charge in [0.25, 0.3) is 5.91 Å². The molecule has 1 atom stereocenters. The maximum atomic E-state index is 12.0. The van der Waals surface area contributed by atoms with E-state index in [0.29, 0.717) is 28.6 Å². The Labute approximate surface area is 129 Å². The number of aliphatic hydroxyl groups is 1. The molecule has 0 aliphatic heterocycles. The van der Waals surface area contributed by atoms with Crippen molar-refractivity contribution in [3.05, 3.63) is 34.3 Å². The molecule has 5 heteroatoms. The average Bonchev–Trinajstić information content (AvgIpc) is 2.43. The van der Waals surface area contributed by atoms with Gasteiger partial charge in [0.1, 0.15) is 6.61 Å². The molecule has 0 aliphatic carbocycles. The van der Waals surface area contributed by atoms with Gasteiger partial charge < -0.3 is 10.4 Å². The topological polar surface area (TPSA) is 49.3 Å². The molecule has 1 aromatic carbocycles. The Balaban J connectivity index is 2.68. The van der Waals surface area contributed by atoms with Crippen LogP contribution in [-0.4, -0.2) is 36.2 Å². The van der Waals surface area contributed by atoms with Crippen molar-refractivity contribution in [1.82, 2.24) is 5.32 Å². The quantitative estimate of drug-likeness (QED) is 0.821. The number of benzene rings is 1. The second kappa shape index (κ2) is 8.91. The summed E-state index contributed by atoms with van der Waals surface area (Å²) < 4.78 is 0. The van der Waals surface area contributed by atoms with Gasteiger partial charge in [-0.25, -0.2) is 0 Å². The number of hydrogen-bond donors (Lipinski definition) is 2. The second-order valence-corrected chi connectivity index (χ2v) is 5.74. The third-order valence-electron chi connectivity index (χ3n) is 2.60. The van der Waals surface area contributed by atoms with Gasteiger partial charge in [-0.3, -0.25) is 4.79 Å². The smallest absolute Gasteiger partial charge is 0.251 e. The number of nitrogens with one attached hydrogen (secondary N) is 1. The standard InChI is InChI=1S/C15H18ClNO2S/c1-11(10-20-2)9-17-15(19)13-6-5-12(4-3-7-18)14(16)8-13/h5-6,8,11,18H,7,9-10H2,1-2H3,(H,17,19). The number of thioether (sulfide) groups is 1. The molecule has 2 N–H and O–H groups in total. The van der Waals surface area contributed by atoms with Crippen molar-refractivity contribution < 1.29 is 9.90 Å². The summed E-state index contributed by atoms with van der Waals surface area (Å²) in [5.41, 5.74) is 1.12. The number of aliphatic hydroxyl groups excluding tert-OH is 1. The highest BCUT2D eigenvalue weighted by Crippen LogP contribution is 2.17. The molecule has 1 amide bonds. The van der Waals surface area contributed by atoms with Crippen molar-refractivity contribution in [1.29, 1.82) is 0 Å². The number of carbonyl (C=O) groups is 1. The molecule has 1 rings (SSSR count). The Kier molecular flexibility index (Phi) is 7.53. The van der Waals surface area contributed by atoms with Gasteiger partial charge in [-0.05, 0) is 36.1 Å². The van der Waals surface area contributed by atoms with E-state index < -0.39 is 0 Å².